The maximum absolute atomic E-state index is 13.1. The molecule has 114 valence electrons. The van der Waals surface area contributed by atoms with Gasteiger partial charge in [0.2, 0.25) is 0 Å². The molecule has 0 saturated carbocycles. The Bertz CT molecular complexity index is 835. The van der Waals surface area contributed by atoms with Gasteiger partial charge in [0, 0.05) is 16.1 Å². The molecule has 0 bridgehead atoms. The van der Waals surface area contributed by atoms with Gasteiger partial charge in [0.15, 0.2) is 5.82 Å². The largest absolute Gasteiger partial charge is 0.319 e. The van der Waals surface area contributed by atoms with Crippen molar-refractivity contribution in [3.05, 3.63) is 77.3 Å². The van der Waals surface area contributed by atoms with Crippen LogP contribution in [-0.2, 0) is 0 Å². The molecule has 1 heterocycles. The first kappa shape index (κ1) is 15.1. The second-order valence-electron chi connectivity index (χ2n) is 4.77. The lowest BCUT2D eigenvalue weighted by atomic mass is 10.2. The predicted molar refractivity (Wildman–Crippen MR) is 86.8 cm³/mol. The van der Waals surface area contributed by atoms with E-state index in [2.05, 4.69) is 15.3 Å². The van der Waals surface area contributed by atoms with E-state index in [9.17, 15) is 9.18 Å². The zero-order valence-electron chi connectivity index (χ0n) is 11.8. The van der Waals surface area contributed by atoms with Gasteiger partial charge >= 0.3 is 0 Å². The Hall–Kier alpha value is -2.79. The van der Waals surface area contributed by atoms with Crippen molar-refractivity contribution in [3.63, 3.8) is 0 Å². The standard InChI is InChI=1S/C17H11ClFN3O/c18-13-6-4-11(5-7-13)16-20-9-15(10-21-16)22-17(23)12-2-1-3-14(19)8-12/h1-10H,(H,22,23). The number of hydrogen-bond donors (Lipinski definition) is 1. The lowest BCUT2D eigenvalue weighted by Crippen LogP contribution is -2.12. The normalized spacial score (nSPS) is 10.3. The fraction of sp³-hybridized carbons (Fsp3) is 0. The molecule has 4 nitrogen and oxygen atoms in total. The van der Waals surface area contributed by atoms with Gasteiger partial charge in [-0.1, -0.05) is 17.7 Å². The maximum atomic E-state index is 13.1. The number of anilines is 1. The molecule has 0 saturated heterocycles. The van der Waals surface area contributed by atoms with Gasteiger partial charge in [-0.25, -0.2) is 14.4 Å². The van der Waals surface area contributed by atoms with Gasteiger partial charge in [0.05, 0.1) is 18.1 Å². The van der Waals surface area contributed by atoms with E-state index in [0.717, 1.165) is 11.6 Å². The highest BCUT2D eigenvalue weighted by atomic mass is 35.5. The van der Waals surface area contributed by atoms with Crippen LogP contribution in [0.5, 0.6) is 0 Å². The van der Waals surface area contributed by atoms with Crippen LogP contribution < -0.4 is 5.32 Å². The van der Waals surface area contributed by atoms with E-state index in [1.807, 2.05) is 12.1 Å². The highest BCUT2D eigenvalue weighted by Crippen LogP contribution is 2.18. The highest BCUT2D eigenvalue weighted by Gasteiger charge is 2.08. The van der Waals surface area contributed by atoms with Crippen LogP contribution in [0.15, 0.2) is 60.9 Å². The first-order chi connectivity index (χ1) is 11.1. The minimum Gasteiger partial charge on any atom is -0.319 e. The van der Waals surface area contributed by atoms with Crippen LogP contribution >= 0.6 is 11.6 Å². The van der Waals surface area contributed by atoms with Gasteiger partial charge in [0.25, 0.3) is 5.91 Å². The molecule has 6 heteroatoms. The monoisotopic (exact) mass is 327 g/mol. The van der Waals surface area contributed by atoms with Crippen LogP contribution in [0.25, 0.3) is 11.4 Å². The SMILES string of the molecule is O=C(Nc1cnc(-c2ccc(Cl)cc2)nc1)c1cccc(F)c1. The van der Waals surface area contributed by atoms with Crippen molar-refractivity contribution < 1.29 is 9.18 Å². The molecular weight excluding hydrogens is 317 g/mol. The first-order valence-electron chi connectivity index (χ1n) is 6.77. The van der Waals surface area contributed by atoms with Crippen LogP contribution in [-0.4, -0.2) is 15.9 Å². The third-order valence-corrected chi connectivity index (χ3v) is 3.35. The van der Waals surface area contributed by atoms with Crippen molar-refractivity contribution in [1.29, 1.82) is 0 Å². The fourth-order valence-electron chi connectivity index (χ4n) is 1.97. The Morgan fingerprint density at radius 2 is 1.74 bits per heavy atom. The van der Waals surface area contributed by atoms with E-state index in [-0.39, 0.29) is 5.56 Å². The molecule has 3 aromatic rings. The van der Waals surface area contributed by atoms with E-state index < -0.39 is 11.7 Å². The zero-order chi connectivity index (χ0) is 16.2. The molecule has 0 radical (unpaired) electrons. The summed E-state index contributed by atoms with van der Waals surface area (Å²) in [6, 6.07) is 12.6. The number of hydrogen-bond acceptors (Lipinski definition) is 3. The molecule has 1 N–H and O–H groups in total. The maximum Gasteiger partial charge on any atom is 0.255 e. The zero-order valence-corrected chi connectivity index (χ0v) is 12.6. The van der Waals surface area contributed by atoms with Crippen LogP contribution in [0.4, 0.5) is 10.1 Å². The number of carbonyl (C=O) groups is 1. The van der Waals surface area contributed by atoms with Gasteiger partial charge in [0.1, 0.15) is 5.82 Å². The molecule has 0 unspecified atom stereocenters. The van der Waals surface area contributed by atoms with Crippen molar-refractivity contribution in [2.45, 2.75) is 0 Å². The molecule has 2 aromatic carbocycles. The van der Waals surface area contributed by atoms with Crippen molar-refractivity contribution in [2.75, 3.05) is 5.32 Å². The van der Waals surface area contributed by atoms with Gasteiger partial charge in [-0.2, -0.15) is 0 Å². The summed E-state index contributed by atoms with van der Waals surface area (Å²) in [6.45, 7) is 0. The Labute approximate surface area is 137 Å². The quantitative estimate of drug-likeness (QED) is 0.784. The summed E-state index contributed by atoms with van der Waals surface area (Å²) >= 11 is 5.84. The number of amides is 1. The molecule has 23 heavy (non-hydrogen) atoms. The second-order valence-corrected chi connectivity index (χ2v) is 5.20. The number of aromatic nitrogens is 2. The number of nitrogens with zero attached hydrogens (tertiary/aromatic N) is 2. The molecular formula is C17H11ClFN3O. The van der Waals surface area contributed by atoms with E-state index in [4.69, 9.17) is 11.6 Å². The Kier molecular flexibility index (Phi) is 4.30. The third-order valence-electron chi connectivity index (χ3n) is 3.10. The van der Waals surface area contributed by atoms with Gasteiger partial charge in [-0.3, -0.25) is 4.79 Å². The molecule has 0 spiro atoms. The number of benzene rings is 2. The summed E-state index contributed by atoms with van der Waals surface area (Å²) in [7, 11) is 0. The second kappa shape index (κ2) is 6.54. The lowest BCUT2D eigenvalue weighted by Gasteiger charge is -2.06. The van der Waals surface area contributed by atoms with Crippen molar-refractivity contribution in [3.8, 4) is 11.4 Å². The molecule has 0 aliphatic heterocycles. The Balaban J connectivity index is 1.75. The van der Waals surface area contributed by atoms with Crippen molar-refractivity contribution in [1.82, 2.24) is 9.97 Å². The van der Waals surface area contributed by atoms with Crippen LogP contribution in [0.2, 0.25) is 5.02 Å². The molecule has 0 aliphatic rings. The average Bonchev–Trinajstić information content (AvgIpc) is 2.56. The van der Waals surface area contributed by atoms with Crippen LogP contribution in [0, 0.1) is 5.82 Å². The van der Waals surface area contributed by atoms with Crippen molar-refractivity contribution in [2.24, 2.45) is 0 Å². The number of halogens is 2. The molecule has 0 fully saturated rings. The summed E-state index contributed by atoms with van der Waals surface area (Å²) in [6.07, 6.45) is 2.99. The lowest BCUT2D eigenvalue weighted by molar-refractivity contribution is 0.102. The van der Waals surface area contributed by atoms with E-state index in [1.165, 1.54) is 30.6 Å². The molecule has 0 aliphatic carbocycles. The van der Waals surface area contributed by atoms with E-state index in [0.29, 0.717) is 16.5 Å². The first-order valence-corrected chi connectivity index (χ1v) is 7.14. The summed E-state index contributed by atoms with van der Waals surface area (Å²) in [5.74, 6) is -0.371. The van der Waals surface area contributed by atoms with E-state index >= 15 is 0 Å². The fourth-order valence-corrected chi connectivity index (χ4v) is 2.10. The molecule has 1 aromatic heterocycles. The average molecular weight is 328 g/mol. The number of carbonyl (C=O) groups excluding carboxylic acids is 1. The van der Waals surface area contributed by atoms with Gasteiger partial charge in [-0.05, 0) is 42.5 Å². The van der Waals surface area contributed by atoms with Gasteiger partial charge in [-0.15, -0.1) is 0 Å². The smallest absolute Gasteiger partial charge is 0.255 e. The number of rotatable bonds is 3. The Morgan fingerprint density at radius 1 is 1.04 bits per heavy atom. The Morgan fingerprint density at radius 3 is 2.39 bits per heavy atom. The topological polar surface area (TPSA) is 54.9 Å². The number of nitrogens with one attached hydrogen (secondary N) is 1. The predicted octanol–water partition coefficient (Wildman–Crippen LogP) is 4.19. The van der Waals surface area contributed by atoms with Crippen molar-refractivity contribution >= 4 is 23.2 Å². The highest BCUT2D eigenvalue weighted by molar-refractivity contribution is 6.30. The summed E-state index contributed by atoms with van der Waals surface area (Å²) in [5, 5.41) is 3.25. The minimum absolute atomic E-state index is 0.228. The van der Waals surface area contributed by atoms with E-state index in [1.54, 1.807) is 12.1 Å². The summed E-state index contributed by atoms with van der Waals surface area (Å²) < 4.78 is 13.1. The van der Waals surface area contributed by atoms with Gasteiger partial charge < -0.3 is 5.32 Å². The van der Waals surface area contributed by atoms with Crippen LogP contribution in [0.1, 0.15) is 10.4 Å². The van der Waals surface area contributed by atoms with Crippen LogP contribution in [0.3, 0.4) is 0 Å². The molecule has 0 atom stereocenters. The summed E-state index contributed by atoms with van der Waals surface area (Å²) in [5.41, 5.74) is 1.47. The summed E-state index contributed by atoms with van der Waals surface area (Å²) in [4.78, 5) is 20.4. The molecule has 3 rings (SSSR count). The minimum atomic E-state index is -0.466. The third kappa shape index (κ3) is 3.70. The molecule has 1 amide bonds.